The van der Waals surface area contributed by atoms with Gasteiger partial charge in [0.05, 0.1) is 23.7 Å². The molecule has 10 heteroatoms. The zero-order chi connectivity index (χ0) is 20.4. The highest BCUT2D eigenvalue weighted by Gasteiger charge is 2.26. The van der Waals surface area contributed by atoms with Gasteiger partial charge in [0.1, 0.15) is 5.82 Å². The van der Waals surface area contributed by atoms with Crippen molar-refractivity contribution in [2.45, 2.75) is 50.6 Å². The van der Waals surface area contributed by atoms with Gasteiger partial charge in [-0.2, -0.15) is 5.10 Å². The zero-order valence-electron chi connectivity index (χ0n) is 17.0. The van der Waals surface area contributed by atoms with E-state index in [0.29, 0.717) is 12.0 Å². The monoisotopic (exact) mass is 419 g/mol. The molecule has 29 heavy (non-hydrogen) atoms. The van der Waals surface area contributed by atoms with Gasteiger partial charge < -0.3 is 10.2 Å². The molecule has 0 spiro atoms. The summed E-state index contributed by atoms with van der Waals surface area (Å²) in [5.41, 5.74) is 1.82. The Morgan fingerprint density at radius 2 is 1.83 bits per heavy atom. The van der Waals surface area contributed by atoms with Crippen LogP contribution in [0.15, 0.2) is 18.5 Å². The van der Waals surface area contributed by atoms with Crippen LogP contribution < -0.4 is 14.9 Å². The molecule has 0 radical (unpaired) electrons. The fourth-order valence-corrected chi connectivity index (χ4v) is 5.17. The molecule has 2 aromatic rings. The predicted octanol–water partition coefficient (Wildman–Crippen LogP) is 1.75. The highest BCUT2D eigenvalue weighted by atomic mass is 32.2. The van der Waals surface area contributed by atoms with Gasteiger partial charge in [0.2, 0.25) is 16.0 Å². The van der Waals surface area contributed by atoms with Crippen LogP contribution in [0.1, 0.15) is 38.5 Å². The molecule has 2 aliphatic rings. The summed E-state index contributed by atoms with van der Waals surface area (Å²) in [6, 6.07) is 2.36. The molecule has 1 aliphatic heterocycles. The maximum absolute atomic E-state index is 11.5. The first-order chi connectivity index (χ1) is 13.9. The molecular weight excluding hydrogens is 390 g/mol. The van der Waals surface area contributed by atoms with E-state index in [1.807, 2.05) is 24.0 Å². The number of nitrogens with one attached hydrogen (secondary N) is 2. The van der Waals surface area contributed by atoms with Crippen LogP contribution in [0.4, 0.5) is 11.8 Å². The van der Waals surface area contributed by atoms with Gasteiger partial charge in [0.25, 0.3) is 0 Å². The van der Waals surface area contributed by atoms with Crippen molar-refractivity contribution in [1.29, 1.82) is 0 Å². The van der Waals surface area contributed by atoms with Crippen LogP contribution >= 0.6 is 0 Å². The van der Waals surface area contributed by atoms with Crippen LogP contribution in [0.3, 0.4) is 0 Å². The smallest absolute Gasteiger partial charge is 0.223 e. The Morgan fingerprint density at radius 3 is 2.52 bits per heavy atom. The molecular formula is C19H29N7O2S. The van der Waals surface area contributed by atoms with Crippen molar-refractivity contribution in [2.24, 2.45) is 7.05 Å². The number of aromatic nitrogens is 4. The topological polar surface area (TPSA) is 105 Å². The fraction of sp³-hybridized carbons (Fsp3) is 0.632. The van der Waals surface area contributed by atoms with Crippen LogP contribution in [-0.4, -0.2) is 59.6 Å². The number of aryl methyl sites for hydroxylation is 1. The van der Waals surface area contributed by atoms with Crippen molar-refractivity contribution in [3.05, 3.63) is 18.5 Å². The Hall–Kier alpha value is -2.20. The van der Waals surface area contributed by atoms with Gasteiger partial charge in [0.15, 0.2) is 0 Å². The first-order valence-corrected chi connectivity index (χ1v) is 12.1. The van der Waals surface area contributed by atoms with E-state index in [2.05, 4.69) is 25.0 Å². The summed E-state index contributed by atoms with van der Waals surface area (Å²) in [5.74, 6) is 1.67. The molecule has 2 fully saturated rings. The summed E-state index contributed by atoms with van der Waals surface area (Å²) in [6.45, 7) is 1.52. The van der Waals surface area contributed by atoms with Crippen molar-refractivity contribution in [3.8, 4) is 11.3 Å². The van der Waals surface area contributed by atoms with Crippen LogP contribution in [0, 0.1) is 0 Å². The highest BCUT2D eigenvalue weighted by molar-refractivity contribution is 7.88. The second-order valence-corrected chi connectivity index (χ2v) is 9.83. The van der Waals surface area contributed by atoms with Crippen molar-refractivity contribution < 1.29 is 8.42 Å². The van der Waals surface area contributed by atoms with Gasteiger partial charge in [-0.1, -0.05) is 12.8 Å². The summed E-state index contributed by atoms with van der Waals surface area (Å²) in [4.78, 5) is 11.4. The molecule has 2 aromatic heterocycles. The fourth-order valence-electron chi connectivity index (χ4n) is 4.33. The summed E-state index contributed by atoms with van der Waals surface area (Å²) in [6.07, 6.45) is 11.2. The van der Waals surface area contributed by atoms with E-state index in [1.54, 1.807) is 6.20 Å². The average Bonchev–Trinajstić information content (AvgIpc) is 3.31. The molecule has 9 nitrogen and oxygen atoms in total. The number of sulfonamides is 1. The molecule has 3 heterocycles. The second kappa shape index (κ2) is 8.27. The number of hydrogen-bond donors (Lipinski definition) is 2. The SMILES string of the molecule is Cn1ncc(-c2ccnc(NC3CCCC3)n2)c1N1CCC(NS(C)(=O)=O)CC1. The largest absolute Gasteiger partial charge is 0.356 e. The number of piperidine rings is 1. The van der Waals surface area contributed by atoms with E-state index in [9.17, 15) is 8.42 Å². The van der Waals surface area contributed by atoms with Gasteiger partial charge in [0, 0.05) is 38.4 Å². The van der Waals surface area contributed by atoms with E-state index in [-0.39, 0.29) is 6.04 Å². The van der Waals surface area contributed by atoms with Crippen molar-refractivity contribution in [2.75, 3.05) is 29.6 Å². The lowest BCUT2D eigenvalue weighted by molar-refractivity contribution is 0.456. The van der Waals surface area contributed by atoms with Crippen LogP contribution in [0.2, 0.25) is 0 Å². The minimum absolute atomic E-state index is 0.0146. The molecule has 1 aliphatic carbocycles. The van der Waals surface area contributed by atoms with Crippen molar-refractivity contribution >= 4 is 21.8 Å². The third-order valence-corrected chi connectivity index (χ3v) is 6.46. The maximum atomic E-state index is 11.5. The lowest BCUT2D eigenvalue weighted by Crippen LogP contribution is -2.45. The van der Waals surface area contributed by atoms with Gasteiger partial charge in [-0.3, -0.25) is 4.68 Å². The lowest BCUT2D eigenvalue weighted by atomic mass is 10.1. The lowest BCUT2D eigenvalue weighted by Gasteiger charge is -2.33. The highest BCUT2D eigenvalue weighted by Crippen LogP contribution is 2.31. The minimum Gasteiger partial charge on any atom is -0.356 e. The number of anilines is 2. The first kappa shape index (κ1) is 20.1. The van der Waals surface area contributed by atoms with Gasteiger partial charge in [-0.25, -0.2) is 23.1 Å². The van der Waals surface area contributed by atoms with Gasteiger partial charge in [-0.15, -0.1) is 0 Å². The standard InChI is InChI=1S/C19H29N7O2S/c1-25-18(26-11-8-15(9-12-26)24-29(2,27)28)16(13-21-25)17-7-10-20-19(23-17)22-14-5-3-4-6-14/h7,10,13-15,24H,3-6,8-9,11-12H2,1-2H3,(H,20,22,23). The quantitative estimate of drug-likeness (QED) is 0.735. The van der Waals surface area contributed by atoms with Crippen molar-refractivity contribution in [1.82, 2.24) is 24.5 Å². The van der Waals surface area contributed by atoms with E-state index in [1.165, 1.54) is 31.9 Å². The van der Waals surface area contributed by atoms with Gasteiger partial charge in [-0.05, 0) is 31.7 Å². The molecule has 0 bridgehead atoms. The molecule has 1 saturated carbocycles. The third-order valence-electron chi connectivity index (χ3n) is 5.70. The molecule has 0 amide bonds. The van der Waals surface area contributed by atoms with Gasteiger partial charge >= 0.3 is 0 Å². The third kappa shape index (κ3) is 4.87. The zero-order valence-corrected chi connectivity index (χ0v) is 17.8. The Bertz CT molecular complexity index is 945. The van der Waals surface area contributed by atoms with Crippen molar-refractivity contribution in [3.63, 3.8) is 0 Å². The molecule has 0 unspecified atom stereocenters. The molecule has 4 rings (SSSR count). The molecule has 158 valence electrons. The van der Waals surface area contributed by atoms with Crippen LogP contribution in [0.25, 0.3) is 11.3 Å². The molecule has 0 aromatic carbocycles. The number of hydrogen-bond acceptors (Lipinski definition) is 7. The summed E-state index contributed by atoms with van der Waals surface area (Å²) >= 11 is 0. The summed E-state index contributed by atoms with van der Waals surface area (Å²) in [5, 5.41) is 7.92. The molecule has 1 saturated heterocycles. The number of rotatable bonds is 6. The number of nitrogens with zero attached hydrogens (tertiary/aromatic N) is 5. The minimum atomic E-state index is -3.18. The maximum Gasteiger partial charge on any atom is 0.223 e. The Labute approximate surface area is 172 Å². The average molecular weight is 420 g/mol. The summed E-state index contributed by atoms with van der Waals surface area (Å²) in [7, 11) is -1.25. The van der Waals surface area contributed by atoms with E-state index >= 15 is 0 Å². The van der Waals surface area contributed by atoms with E-state index < -0.39 is 10.0 Å². The Morgan fingerprint density at radius 1 is 1.10 bits per heavy atom. The first-order valence-electron chi connectivity index (χ1n) is 10.2. The second-order valence-electron chi connectivity index (χ2n) is 8.05. The Balaban J connectivity index is 1.51. The Kier molecular flexibility index (Phi) is 5.73. The van der Waals surface area contributed by atoms with E-state index in [0.717, 1.165) is 43.0 Å². The van der Waals surface area contributed by atoms with Crippen LogP contribution in [-0.2, 0) is 17.1 Å². The summed E-state index contributed by atoms with van der Waals surface area (Å²) < 4.78 is 27.6. The molecule has 2 N–H and O–H groups in total. The predicted molar refractivity (Wildman–Crippen MR) is 113 cm³/mol. The van der Waals surface area contributed by atoms with Crippen LogP contribution in [0.5, 0.6) is 0 Å². The normalized spacial score (nSPS) is 19.0. The molecule has 0 atom stereocenters. The van der Waals surface area contributed by atoms with E-state index in [4.69, 9.17) is 4.98 Å².